The number of ether oxygens (including phenoxy) is 1. The molecule has 1 fully saturated rings. The summed E-state index contributed by atoms with van der Waals surface area (Å²) in [6, 6.07) is 9.92. The minimum absolute atomic E-state index is 0.241. The summed E-state index contributed by atoms with van der Waals surface area (Å²) in [5.74, 6) is 0.180. The number of aliphatic hydroxyl groups is 2. The molecule has 4 N–H and O–H groups in total. The topological polar surface area (TPSA) is 165 Å². The summed E-state index contributed by atoms with van der Waals surface area (Å²) < 4.78 is 8.68. The predicted molar refractivity (Wildman–Crippen MR) is 128 cm³/mol. The van der Waals surface area contributed by atoms with Crippen LogP contribution in [0.1, 0.15) is 30.8 Å². The lowest BCUT2D eigenvalue weighted by Gasteiger charge is -2.17. The summed E-state index contributed by atoms with van der Waals surface area (Å²) in [6.45, 7) is 2.68. The van der Waals surface area contributed by atoms with E-state index >= 15 is 0 Å². The van der Waals surface area contributed by atoms with Gasteiger partial charge in [-0.05, 0) is 12.0 Å². The van der Waals surface area contributed by atoms with Gasteiger partial charge in [0.25, 0.3) is 11.9 Å². The molecule has 1 amide bonds. The van der Waals surface area contributed by atoms with E-state index in [0.717, 1.165) is 17.7 Å². The maximum absolute atomic E-state index is 12.1. The predicted octanol–water partition coefficient (Wildman–Crippen LogP) is 0.185. The maximum atomic E-state index is 12.1. The third-order valence-corrected chi connectivity index (χ3v) is 5.94. The molecule has 0 aliphatic carbocycles. The molecule has 188 valence electrons. The number of benzene rings is 1. The molecule has 0 radical (unpaired) electrons. The Morgan fingerprint density at radius 2 is 1.97 bits per heavy atom. The molecule has 1 aliphatic rings. The minimum Gasteiger partial charge on any atom is -0.387 e. The highest BCUT2D eigenvalue weighted by Gasteiger charge is 2.47. The molecule has 0 spiro atoms. The van der Waals surface area contributed by atoms with Crippen LogP contribution in [0.4, 0.5) is 5.82 Å². The van der Waals surface area contributed by atoms with Crippen molar-refractivity contribution in [1.29, 1.82) is 0 Å². The van der Waals surface area contributed by atoms with Crippen LogP contribution in [0.25, 0.3) is 17.1 Å². The van der Waals surface area contributed by atoms with Crippen molar-refractivity contribution in [2.45, 2.75) is 44.3 Å². The van der Waals surface area contributed by atoms with Gasteiger partial charge in [0, 0.05) is 20.0 Å². The first-order valence-electron chi connectivity index (χ1n) is 11.7. The number of aromatic nitrogens is 7. The van der Waals surface area contributed by atoms with Crippen LogP contribution < -0.4 is 10.6 Å². The fourth-order valence-electron chi connectivity index (χ4n) is 4.09. The van der Waals surface area contributed by atoms with Crippen molar-refractivity contribution in [3.63, 3.8) is 0 Å². The van der Waals surface area contributed by atoms with E-state index in [0.29, 0.717) is 29.9 Å². The van der Waals surface area contributed by atoms with Gasteiger partial charge in [-0.3, -0.25) is 9.36 Å². The second kappa shape index (κ2) is 9.97. The first-order chi connectivity index (χ1) is 17.5. The number of aliphatic hydroxyl groups excluding tert-OH is 2. The standard InChI is InChI=1S/C23H27N9O4/c1-3-9-25-19-15-20(31(12-26-15)22-17(34)16(33)18(36-22)21(35)24-2)28-23(27-19)32-11-14(29-30-32)10-13-7-5-4-6-8-13/h4-8,11-12,16-18,22,33-34H,3,9-10H2,1-2H3,(H,24,35)(H,25,27,28)/t16-,17+,18+,22+/m0/s1. The molecule has 1 saturated heterocycles. The van der Waals surface area contributed by atoms with E-state index in [1.165, 1.54) is 22.6 Å². The normalized spacial score (nSPS) is 21.7. The lowest BCUT2D eigenvalue weighted by molar-refractivity contribution is -0.137. The number of hydrogen-bond donors (Lipinski definition) is 4. The molecular weight excluding hydrogens is 466 g/mol. The number of amides is 1. The van der Waals surface area contributed by atoms with Crippen LogP contribution in [0.3, 0.4) is 0 Å². The Bertz CT molecular complexity index is 1360. The Morgan fingerprint density at radius 3 is 2.72 bits per heavy atom. The third-order valence-electron chi connectivity index (χ3n) is 5.94. The van der Waals surface area contributed by atoms with Crippen LogP contribution >= 0.6 is 0 Å². The highest BCUT2D eigenvalue weighted by molar-refractivity contribution is 5.84. The van der Waals surface area contributed by atoms with Crippen LogP contribution in [0.5, 0.6) is 0 Å². The molecule has 13 heteroatoms. The smallest absolute Gasteiger partial charge is 0.256 e. The lowest BCUT2D eigenvalue weighted by Crippen LogP contribution is -2.41. The number of imidazole rings is 1. The van der Waals surface area contributed by atoms with E-state index in [-0.39, 0.29) is 5.95 Å². The van der Waals surface area contributed by atoms with Gasteiger partial charge in [-0.1, -0.05) is 42.5 Å². The van der Waals surface area contributed by atoms with Crippen molar-refractivity contribution in [3.05, 3.63) is 54.1 Å². The number of likely N-dealkylation sites (N-methyl/N-ethyl adjacent to an activating group) is 1. The first kappa shape index (κ1) is 23.8. The summed E-state index contributed by atoms with van der Waals surface area (Å²) in [5, 5.41) is 35.2. The number of fused-ring (bicyclic) bond motifs is 1. The van der Waals surface area contributed by atoms with Crippen molar-refractivity contribution >= 4 is 22.9 Å². The summed E-state index contributed by atoms with van der Waals surface area (Å²) in [6.07, 6.45) is -0.457. The fraction of sp³-hybridized carbons (Fsp3) is 0.391. The molecule has 0 bridgehead atoms. The van der Waals surface area contributed by atoms with Gasteiger partial charge in [0.15, 0.2) is 29.3 Å². The first-order valence-corrected chi connectivity index (χ1v) is 11.7. The van der Waals surface area contributed by atoms with E-state index in [2.05, 4.69) is 35.9 Å². The van der Waals surface area contributed by atoms with Gasteiger partial charge in [0.1, 0.15) is 12.2 Å². The fourth-order valence-corrected chi connectivity index (χ4v) is 4.09. The zero-order valence-corrected chi connectivity index (χ0v) is 19.8. The van der Waals surface area contributed by atoms with Gasteiger partial charge in [0.2, 0.25) is 0 Å². The van der Waals surface area contributed by atoms with E-state index in [1.807, 2.05) is 37.3 Å². The molecule has 4 aromatic rings. The van der Waals surface area contributed by atoms with E-state index < -0.39 is 30.4 Å². The number of nitrogens with zero attached hydrogens (tertiary/aromatic N) is 7. The average Bonchev–Trinajstić information content (AvgIpc) is 3.61. The molecule has 0 saturated carbocycles. The summed E-state index contributed by atoms with van der Waals surface area (Å²) in [5.41, 5.74) is 2.63. The number of anilines is 1. The van der Waals surface area contributed by atoms with Crippen LogP contribution in [0.2, 0.25) is 0 Å². The Labute approximate surface area is 206 Å². The highest BCUT2D eigenvalue weighted by Crippen LogP contribution is 2.33. The zero-order valence-electron chi connectivity index (χ0n) is 19.8. The van der Waals surface area contributed by atoms with Crippen LogP contribution in [0.15, 0.2) is 42.9 Å². The minimum atomic E-state index is -1.41. The molecule has 36 heavy (non-hydrogen) atoms. The summed E-state index contributed by atoms with van der Waals surface area (Å²) in [4.78, 5) is 25.8. The summed E-state index contributed by atoms with van der Waals surface area (Å²) in [7, 11) is 1.43. The second-order valence-electron chi connectivity index (χ2n) is 8.48. The van der Waals surface area contributed by atoms with Gasteiger partial charge in [-0.15, -0.1) is 5.10 Å². The monoisotopic (exact) mass is 493 g/mol. The van der Waals surface area contributed by atoms with Gasteiger partial charge < -0.3 is 25.6 Å². The maximum Gasteiger partial charge on any atom is 0.256 e. The second-order valence-corrected chi connectivity index (χ2v) is 8.48. The Kier molecular flexibility index (Phi) is 6.59. The van der Waals surface area contributed by atoms with E-state index in [4.69, 9.17) is 4.74 Å². The zero-order chi connectivity index (χ0) is 25.2. The van der Waals surface area contributed by atoms with Crippen molar-refractivity contribution < 1.29 is 19.7 Å². The molecule has 0 unspecified atom stereocenters. The van der Waals surface area contributed by atoms with Crippen LogP contribution in [0, 0.1) is 0 Å². The highest BCUT2D eigenvalue weighted by atomic mass is 16.6. The van der Waals surface area contributed by atoms with Gasteiger partial charge in [-0.2, -0.15) is 14.6 Å². The van der Waals surface area contributed by atoms with E-state index in [9.17, 15) is 15.0 Å². The molecule has 1 aliphatic heterocycles. The number of hydrogen-bond acceptors (Lipinski definition) is 10. The SMILES string of the molecule is CCCNc1nc(-n2cc(Cc3ccccc3)nn2)nc2c1ncn2[C@@H]1O[C@@H](C(=O)NC)[C@@H](O)[C@H]1O. The van der Waals surface area contributed by atoms with Crippen LogP contribution in [-0.4, -0.2) is 82.5 Å². The third kappa shape index (κ3) is 4.39. The molecule has 4 atom stereocenters. The van der Waals surface area contributed by atoms with Crippen molar-refractivity contribution in [1.82, 2.24) is 39.8 Å². The number of carbonyl (C=O) groups excluding carboxylic acids is 1. The summed E-state index contributed by atoms with van der Waals surface area (Å²) >= 11 is 0. The largest absolute Gasteiger partial charge is 0.387 e. The number of carbonyl (C=O) groups is 1. The van der Waals surface area contributed by atoms with Crippen molar-refractivity contribution in [2.75, 3.05) is 18.9 Å². The van der Waals surface area contributed by atoms with Crippen molar-refractivity contribution in [3.8, 4) is 5.95 Å². The Hall–Kier alpha value is -3.94. The quantitative estimate of drug-likeness (QED) is 0.266. The molecule has 1 aromatic carbocycles. The number of rotatable bonds is 8. The van der Waals surface area contributed by atoms with Crippen LogP contribution in [-0.2, 0) is 16.0 Å². The average molecular weight is 494 g/mol. The molecule has 13 nitrogen and oxygen atoms in total. The van der Waals surface area contributed by atoms with Gasteiger partial charge >= 0.3 is 0 Å². The lowest BCUT2D eigenvalue weighted by atomic mass is 10.1. The molecular formula is C23H27N9O4. The Balaban J connectivity index is 1.53. The van der Waals surface area contributed by atoms with Gasteiger partial charge in [-0.25, -0.2) is 4.98 Å². The molecule has 4 heterocycles. The molecule has 5 rings (SSSR count). The Morgan fingerprint density at radius 1 is 1.17 bits per heavy atom. The number of nitrogens with one attached hydrogen (secondary N) is 2. The van der Waals surface area contributed by atoms with Gasteiger partial charge in [0.05, 0.1) is 18.2 Å². The van der Waals surface area contributed by atoms with Crippen molar-refractivity contribution in [2.24, 2.45) is 0 Å². The molecule has 3 aromatic heterocycles. The van der Waals surface area contributed by atoms with E-state index in [1.54, 1.807) is 6.20 Å².